The minimum absolute atomic E-state index is 0.0514. The Labute approximate surface area is 264 Å². The van der Waals surface area contributed by atoms with E-state index in [0.29, 0.717) is 12.3 Å². The quantitative estimate of drug-likeness (QED) is 0.261. The fourth-order valence-corrected chi connectivity index (χ4v) is 6.12. The summed E-state index contributed by atoms with van der Waals surface area (Å²) >= 11 is 6.31. The summed E-state index contributed by atoms with van der Waals surface area (Å²) in [5.74, 6) is -0.0581. The van der Waals surface area contributed by atoms with Crippen LogP contribution in [-0.2, 0) is 26.2 Å². The van der Waals surface area contributed by atoms with Crippen molar-refractivity contribution in [2.24, 2.45) is 5.92 Å². The molecule has 0 aromatic heterocycles. The van der Waals surface area contributed by atoms with Crippen molar-refractivity contribution in [2.75, 3.05) is 38.7 Å². The van der Waals surface area contributed by atoms with E-state index in [1.54, 1.807) is 13.0 Å². The number of carbonyl (C=O) groups is 2. The Hall–Kier alpha value is -3.96. The molecule has 0 saturated carbocycles. The zero-order valence-electron chi connectivity index (χ0n) is 26.1. The molecule has 0 spiro atoms. The minimum atomic E-state index is -4.43. The van der Waals surface area contributed by atoms with Crippen molar-refractivity contribution in [1.82, 2.24) is 10.2 Å². The number of amides is 2. The molecule has 12 heteroatoms. The smallest absolute Gasteiger partial charge is 0.265 e. The molecule has 0 heterocycles. The van der Waals surface area contributed by atoms with Gasteiger partial charge in [-0.1, -0.05) is 55.3 Å². The third-order valence-corrected chi connectivity index (χ3v) is 8.91. The second kappa shape index (κ2) is 15.2. The summed E-state index contributed by atoms with van der Waals surface area (Å²) in [6, 6.07) is 15.3. The monoisotopic (exact) mass is 645 g/mol. The van der Waals surface area contributed by atoms with E-state index in [4.69, 9.17) is 25.8 Å². The van der Waals surface area contributed by atoms with Gasteiger partial charge >= 0.3 is 0 Å². The summed E-state index contributed by atoms with van der Waals surface area (Å²) in [7, 11) is -0.203. The highest BCUT2D eigenvalue weighted by atomic mass is 35.5. The van der Waals surface area contributed by atoms with Gasteiger partial charge < -0.3 is 24.4 Å². The first-order valence-corrected chi connectivity index (χ1v) is 15.8. The number of sulfonamides is 1. The SMILES string of the molecule is COc1ccc(S(=O)(=O)N(CC(=O)N(Cc2cccc(C)c2)[C@H](C)C(=O)NCC(C)C)c2cc(Cl)ccc2OC)cc1OC. The fraction of sp³-hybridized carbons (Fsp3) is 0.375. The van der Waals surface area contributed by atoms with Crippen molar-refractivity contribution in [3.8, 4) is 17.2 Å². The fourth-order valence-electron chi connectivity index (χ4n) is 4.52. The number of benzene rings is 3. The molecule has 0 unspecified atom stereocenters. The maximum absolute atomic E-state index is 14.3. The first-order valence-electron chi connectivity index (χ1n) is 14.0. The summed E-state index contributed by atoms with van der Waals surface area (Å²) in [5.41, 5.74) is 1.82. The second-order valence-electron chi connectivity index (χ2n) is 10.7. The highest BCUT2D eigenvalue weighted by Crippen LogP contribution is 2.37. The lowest BCUT2D eigenvalue weighted by Crippen LogP contribution is -2.51. The van der Waals surface area contributed by atoms with Crippen molar-refractivity contribution < 1.29 is 32.2 Å². The van der Waals surface area contributed by atoms with E-state index in [1.165, 1.54) is 56.6 Å². The zero-order chi connectivity index (χ0) is 32.6. The van der Waals surface area contributed by atoms with Gasteiger partial charge in [-0.25, -0.2) is 8.42 Å². The largest absolute Gasteiger partial charge is 0.495 e. The van der Waals surface area contributed by atoms with Crippen molar-refractivity contribution >= 4 is 39.1 Å². The lowest BCUT2D eigenvalue weighted by molar-refractivity contribution is -0.139. The van der Waals surface area contributed by atoms with Crippen LogP contribution in [0, 0.1) is 12.8 Å². The Morgan fingerprint density at radius 2 is 1.55 bits per heavy atom. The molecule has 3 aromatic carbocycles. The van der Waals surface area contributed by atoms with E-state index in [-0.39, 0.29) is 45.5 Å². The summed E-state index contributed by atoms with van der Waals surface area (Å²) in [4.78, 5) is 28.6. The van der Waals surface area contributed by atoms with E-state index < -0.39 is 28.5 Å². The van der Waals surface area contributed by atoms with E-state index in [0.717, 1.165) is 15.4 Å². The highest BCUT2D eigenvalue weighted by Gasteiger charge is 2.34. The number of halogens is 1. The Bertz CT molecular complexity index is 1580. The average Bonchev–Trinajstić information content (AvgIpc) is 3.00. The van der Waals surface area contributed by atoms with Gasteiger partial charge in [0, 0.05) is 24.2 Å². The maximum atomic E-state index is 14.3. The lowest BCUT2D eigenvalue weighted by Gasteiger charge is -2.32. The number of aryl methyl sites for hydroxylation is 1. The number of nitrogens with one attached hydrogen (secondary N) is 1. The summed E-state index contributed by atoms with van der Waals surface area (Å²) in [6.45, 7) is 7.34. The summed E-state index contributed by atoms with van der Waals surface area (Å²) in [5, 5.41) is 3.11. The highest BCUT2D eigenvalue weighted by molar-refractivity contribution is 7.92. The number of rotatable bonds is 14. The molecule has 1 atom stereocenters. The molecule has 44 heavy (non-hydrogen) atoms. The number of nitrogens with zero attached hydrogens (tertiary/aromatic N) is 2. The van der Waals surface area contributed by atoms with E-state index >= 15 is 0 Å². The van der Waals surface area contributed by atoms with E-state index in [2.05, 4.69) is 5.32 Å². The van der Waals surface area contributed by atoms with Crippen molar-refractivity contribution in [1.29, 1.82) is 0 Å². The van der Waals surface area contributed by atoms with Crippen molar-refractivity contribution in [3.63, 3.8) is 0 Å². The molecular weight excluding hydrogens is 606 g/mol. The van der Waals surface area contributed by atoms with Crippen LogP contribution in [0.3, 0.4) is 0 Å². The standard InChI is InChI=1S/C32H40ClN3O7S/c1-21(2)18-34-32(38)23(4)35(19-24-10-8-9-22(3)15-24)31(37)20-36(27-16-25(33)11-13-28(27)41-5)44(39,40)26-12-14-29(42-6)30(17-26)43-7/h8-17,21,23H,18-20H2,1-7H3,(H,34,38)/t23-/m1/s1. The van der Waals surface area contributed by atoms with Crippen LogP contribution in [0.1, 0.15) is 31.9 Å². The molecular formula is C32H40ClN3O7S. The molecule has 3 rings (SSSR count). The molecule has 238 valence electrons. The van der Waals surface area contributed by atoms with Crippen LogP contribution in [0.5, 0.6) is 17.2 Å². The lowest BCUT2D eigenvalue weighted by atomic mass is 10.1. The molecule has 0 saturated heterocycles. The molecule has 0 bridgehead atoms. The average molecular weight is 646 g/mol. The molecule has 10 nitrogen and oxygen atoms in total. The van der Waals surface area contributed by atoms with Gasteiger partial charge in [0.15, 0.2) is 11.5 Å². The van der Waals surface area contributed by atoms with Gasteiger partial charge in [0.1, 0.15) is 18.3 Å². The topological polar surface area (TPSA) is 114 Å². The molecule has 0 aliphatic carbocycles. The van der Waals surface area contributed by atoms with Crippen LogP contribution in [0.2, 0.25) is 5.02 Å². The molecule has 0 fully saturated rings. The third-order valence-electron chi connectivity index (χ3n) is 6.92. The Kier molecular flexibility index (Phi) is 11.9. The van der Waals surface area contributed by atoms with Crippen LogP contribution in [0.4, 0.5) is 5.69 Å². The number of hydrogen-bond donors (Lipinski definition) is 1. The molecule has 1 N–H and O–H groups in total. The van der Waals surface area contributed by atoms with E-state index in [9.17, 15) is 18.0 Å². The van der Waals surface area contributed by atoms with Crippen molar-refractivity contribution in [3.05, 3.63) is 76.8 Å². The molecule has 3 aromatic rings. The number of anilines is 1. The number of ether oxygens (including phenoxy) is 3. The number of carbonyl (C=O) groups excluding carboxylic acids is 2. The van der Waals surface area contributed by atoms with E-state index in [1.807, 2.05) is 45.0 Å². The third kappa shape index (κ3) is 8.35. The van der Waals surface area contributed by atoms with Crippen molar-refractivity contribution in [2.45, 2.75) is 45.2 Å². The van der Waals surface area contributed by atoms with Crippen LogP contribution in [-0.4, -0.2) is 65.6 Å². The molecule has 2 amide bonds. The Balaban J connectivity index is 2.13. The van der Waals surface area contributed by atoms with Crippen LogP contribution < -0.4 is 23.8 Å². The first kappa shape index (κ1) is 34.5. The van der Waals surface area contributed by atoms with Gasteiger partial charge in [0.2, 0.25) is 11.8 Å². The van der Waals surface area contributed by atoms with Gasteiger partial charge in [-0.15, -0.1) is 0 Å². The number of methoxy groups -OCH3 is 3. The normalized spacial score (nSPS) is 11.9. The summed E-state index contributed by atoms with van der Waals surface area (Å²) in [6.07, 6.45) is 0. The summed E-state index contributed by atoms with van der Waals surface area (Å²) < 4.78 is 45.6. The van der Waals surface area contributed by atoms with Gasteiger partial charge in [0.25, 0.3) is 10.0 Å². The molecule has 0 radical (unpaired) electrons. The van der Waals surface area contributed by atoms with Gasteiger partial charge in [-0.05, 0) is 55.7 Å². The molecule has 0 aliphatic rings. The number of hydrogen-bond acceptors (Lipinski definition) is 7. The van der Waals surface area contributed by atoms with Crippen LogP contribution in [0.15, 0.2) is 65.6 Å². The predicted molar refractivity (Wildman–Crippen MR) is 171 cm³/mol. The Morgan fingerprint density at radius 1 is 0.886 bits per heavy atom. The van der Waals surface area contributed by atoms with Crippen LogP contribution in [0.25, 0.3) is 0 Å². The minimum Gasteiger partial charge on any atom is -0.495 e. The zero-order valence-corrected chi connectivity index (χ0v) is 27.7. The Morgan fingerprint density at radius 3 is 2.16 bits per heavy atom. The molecule has 0 aliphatic heterocycles. The predicted octanol–water partition coefficient (Wildman–Crippen LogP) is 5.06. The van der Waals surface area contributed by atoms with Crippen LogP contribution >= 0.6 is 11.6 Å². The first-order chi connectivity index (χ1) is 20.8. The second-order valence-corrected chi connectivity index (χ2v) is 13.0. The van der Waals surface area contributed by atoms with Gasteiger partial charge in [0.05, 0.1) is 31.9 Å². The van der Waals surface area contributed by atoms with Gasteiger partial charge in [-0.2, -0.15) is 0 Å². The maximum Gasteiger partial charge on any atom is 0.265 e. The van der Waals surface area contributed by atoms with Gasteiger partial charge in [-0.3, -0.25) is 13.9 Å².